The molecule has 0 spiro atoms. The van der Waals surface area contributed by atoms with Crippen LogP contribution >= 0.6 is 0 Å². The molecule has 0 saturated carbocycles. The number of aromatic nitrogens is 1. The van der Waals surface area contributed by atoms with E-state index >= 15 is 0 Å². The Morgan fingerprint density at radius 1 is 0.742 bits per heavy atom. The van der Waals surface area contributed by atoms with Crippen molar-refractivity contribution in [3.63, 3.8) is 0 Å². The van der Waals surface area contributed by atoms with Gasteiger partial charge in [0.15, 0.2) is 0 Å². The van der Waals surface area contributed by atoms with Gasteiger partial charge in [0.25, 0.3) is 22.0 Å². The molecule has 1 aromatic heterocycles. The smallest absolute Gasteiger partial charge is 0.259 e. The maximum Gasteiger partial charge on any atom is 0.259 e. The zero-order valence-corrected chi connectivity index (χ0v) is 17.5. The van der Waals surface area contributed by atoms with Crippen LogP contribution in [0.4, 0.5) is 11.4 Å². The molecule has 0 unspecified atom stereocenters. The fourth-order valence-electron chi connectivity index (χ4n) is 4.57. The molecular formula is C24H25N3O4. The standard InChI is InChI=1S/C24H25N3O4/c1-2-3-4-5-6-7-8-13-16-12(9-10-14-18(16)24(31)27-23(14)30)11-15-17(13)20(26)22(29)21(28)19(15)25/h9-11H,2-8,25-26H2,1H3,(H,27,30,31). The lowest BCUT2D eigenvalue weighted by molar-refractivity contribution is 0.609. The van der Waals surface area contributed by atoms with Gasteiger partial charge in [-0.15, -0.1) is 0 Å². The van der Waals surface area contributed by atoms with Gasteiger partial charge in [-0.2, -0.15) is 0 Å². The summed E-state index contributed by atoms with van der Waals surface area (Å²) in [6, 6.07) is 5.01. The second-order valence-corrected chi connectivity index (χ2v) is 8.15. The quantitative estimate of drug-likeness (QED) is 0.182. The summed E-state index contributed by atoms with van der Waals surface area (Å²) in [4.78, 5) is 51.9. The number of nitrogen functional groups attached to an aromatic ring is 2. The van der Waals surface area contributed by atoms with Crippen LogP contribution in [-0.2, 0) is 6.42 Å². The van der Waals surface area contributed by atoms with Gasteiger partial charge >= 0.3 is 0 Å². The Balaban J connectivity index is 2.04. The first kappa shape index (κ1) is 20.8. The number of hydrogen-bond donors (Lipinski definition) is 3. The van der Waals surface area contributed by atoms with Crippen LogP contribution in [0, 0.1) is 0 Å². The van der Waals surface area contributed by atoms with Crippen LogP contribution in [0.15, 0.2) is 37.4 Å². The van der Waals surface area contributed by atoms with Gasteiger partial charge in [-0.1, -0.05) is 45.1 Å². The molecule has 0 radical (unpaired) electrons. The lowest BCUT2D eigenvalue weighted by atomic mass is 9.89. The van der Waals surface area contributed by atoms with Crippen LogP contribution < -0.4 is 33.4 Å². The summed E-state index contributed by atoms with van der Waals surface area (Å²) in [5.74, 6) is 0. The van der Waals surface area contributed by atoms with Crippen LogP contribution in [0.25, 0.3) is 32.3 Å². The fourth-order valence-corrected chi connectivity index (χ4v) is 4.57. The van der Waals surface area contributed by atoms with Crippen molar-refractivity contribution >= 4 is 43.7 Å². The third-order valence-electron chi connectivity index (χ3n) is 6.14. The first-order valence-corrected chi connectivity index (χ1v) is 10.7. The summed E-state index contributed by atoms with van der Waals surface area (Å²) >= 11 is 0. The molecular weight excluding hydrogens is 394 g/mol. The van der Waals surface area contributed by atoms with Crippen molar-refractivity contribution in [1.82, 2.24) is 4.98 Å². The largest absolute Gasteiger partial charge is 0.395 e. The Kier molecular flexibility index (Phi) is 5.35. The molecule has 0 saturated heterocycles. The minimum Gasteiger partial charge on any atom is -0.395 e. The van der Waals surface area contributed by atoms with Crippen LogP contribution in [0.2, 0.25) is 0 Å². The van der Waals surface area contributed by atoms with Crippen molar-refractivity contribution in [2.75, 3.05) is 11.5 Å². The van der Waals surface area contributed by atoms with Crippen LogP contribution in [-0.4, -0.2) is 4.98 Å². The molecule has 0 amide bonds. The van der Waals surface area contributed by atoms with Gasteiger partial charge in [-0.3, -0.25) is 24.2 Å². The van der Waals surface area contributed by atoms with Gasteiger partial charge in [-0.05, 0) is 41.3 Å². The molecule has 4 rings (SSSR count). The average Bonchev–Trinajstić information content (AvgIpc) is 3.05. The zero-order valence-electron chi connectivity index (χ0n) is 17.5. The number of benzene rings is 3. The Morgan fingerprint density at radius 2 is 1.42 bits per heavy atom. The highest BCUT2D eigenvalue weighted by molar-refractivity contribution is 6.18. The van der Waals surface area contributed by atoms with E-state index in [1.165, 1.54) is 6.42 Å². The minimum atomic E-state index is -0.832. The van der Waals surface area contributed by atoms with Gasteiger partial charge in [0.1, 0.15) is 0 Å². The van der Waals surface area contributed by atoms with E-state index in [-0.39, 0.29) is 11.4 Å². The number of rotatable bonds is 7. The molecule has 4 aromatic rings. The van der Waals surface area contributed by atoms with Crippen molar-refractivity contribution in [3.05, 3.63) is 64.9 Å². The fraction of sp³-hybridized carbons (Fsp3) is 0.333. The van der Waals surface area contributed by atoms with Crippen molar-refractivity contribution < 1.29 is 0 Å². The maximum atomic E-state index is 12.6. The lowest BCUT2D eigenvalue weighted by Gasteiger charge is -2.15. The van der Waals surface area contributed by atoms with E-state index in [2.05, 4.69) is 11.9 Å². The number of hydrogen-bond acceptors (Lipinski definition) is 6. The highest BCUT2D eigenvalue weighted by Crippen LogP contribution is 2.36. The molecule has 0 aliphatic carbocycles. The highest BCUT2D eigenvalue weighted by Gasteiger charge is 2.21. The molecule has 1 heterocycles. The van der Waals surface area contributed by atoms with E-state index in [1.807, 2.05) is 0 Å². The molecule has 0 fully saturated rings. The first-order valence-electron chi connectivity index (χ1n) is 10.7. The normalized spacial score (nSPS) is 11.8. The Labute approximate surface area is 177 Å². The Morgan fingerprint density at radius 3 is 2.16 bits per heavy atom. The zero-order chi connectivity index (χ0) is 22.3. The SMILES string of the molecule is CCCCCCCCc1c2c(N)c(=O)c(=O)c(N)c2cc2ccc3c(=O)[nH]c(=O)c3c12. The van der Waals surface area contributed by atoms with E-state index in [0.29, 0.717) is 44.3 Å². The number of aryl methyl sites for hydroxylation is 1. The second-order valence-electron chi connectivity index (χ2n) is 8.15. The van der Waals surface area contributed by atoms with Crippen molar-refractivity contribution in [2.24, 2.45) is 0 Å². The Bertz CT molecular complexity index is 1530. The summed E-state index contributed by atoms with van der Waals surface area (Å²) in [6.45, 7) is 2.16. The molecule has 7 heteroatoms. The van der Waals surface area contributed by atoms with Crippen molar-refractivity contribution in [3.8, 4) is 0 Å². The average molecular weight is 419 g/mol. The molecule has 0 aliphatic rings. The summed E-state index contributed by atoms with van der Waals surface area (Å²) in [6.07, 6.45) is 6.94. The predicted octanol–water partition coefficient (Wildman–Crippen LogP) is 2.86. The van der Waals surface area contributed by atoms with Crippen LogP contribution in [0.1, 0.15) is 51.0 Å². The number of fused-ring (bicyclic) bond motifs is 4. The summed E-state index contributed by atoms with van der Waals surface area (Å²) < 4.78 is 0. The topological polar surface area (TPSA) is 136 Å². The van der Waals surface area contributed by atoms with E-state index in [9.17, 15) is 19.2 Å². The number of aromatic amines is 1. The van der Waals surface area contributed by atoms with Gasteiger partial charge in [0.2, 0.25) is 0 Å². The van der Waals surface area contributed by atoms with Crippen molar-refractivity contribution in [1.29, 1.82) is 0 Å². The lowest BCUT2D eigenvalue weighted by Crippen LogP contribution is -2.29. The van der Waals surface area contributed by atoms with Crippen molar-refractivity contribution in [2.45, 2.75) is 51.9 Å². The number of nitrogens with one attached hydrogen (secondary N) is 1. The third-order valence-corrected chi connectivity index (χ3v) is 6.14. The monoisotopic (exact) mass is 419 g/mol. The predicted molar refractivity (Wildman–Crippen MR) is 127 cm³/mol. The van der Waals surface area contributed by atoms with E-state index in [1.54, 1.807) is 18.2 Å². The van der Waals surface area contributed by atoms with E-state index in [4.69, 9.17) is 11.5 Å². The molecule has 0 atom stereocenters. The number of nitrogens with two attached hydrogens (primary N) is 2. The Hall–Kier alpha value is -3.48. The van der Waals surface area contributed by atoms with Crippen LogP contribution in [0.5, 0.6) is 0 Å². The molecule has 3 aromatic carbocycles. The van der Waals surface area contributed by atoms with Gasteiger partial charge in [0.05, 0.1) is 22.1 Å². The molecule has 5 N–H and O–H groups in total. The molecule has 160 valence electrons. The maximum absolute atomic E-state index is 12.6. The summed E-state index contributed by atoms with van der Waals surface area (Å²) in [7, 11) is 0. The van der Waals surface area contributed by atoms with Gasteiger partial charge < -0.3 is 11.5 Å². The highest BCUT2D eigenvalue weighted by atomic mass is 16.2. The summed E-state index contributed by atoms with van der Waals surface area (Å²) in [5.41, 5.74) is 9.99. The molecule has 0 aliphatic heterocycles. The molecule has 7 nitrogen and oxygen atoms in total. The van der Waals surface area contributed by atoms with Gasteiger partial charge in [-0.25, -0.2) is 0 Å². The number of unbranched alkanes of at least 4 members (excludes halogenated alkanes) is 5. The molecule has 31 heavy (non-hydrogen) atoms. The minimum absolute atomic E-state index is 0.138. The first-order chi connectivity index (χ1) is 14.9. The second kappa shape index (κ2) is 7.98. The molecule has 0 bridgehead atoms. The van der Waals surface area contributed by atoms with Crippen LogP contribution in [0.3, 0.4) is 0 Å². The van der Waals surface area contributed by atoms with E-state index in [0.717, 1.165) is 32.1 Å². The summed E-state index contributed by atoms with van der Waals surface area (Å²) in [5, 5.41) is 2.72. The van der Waals surface area contributed by atoms with Gasteiger partial charge in [0, 0.05) is 10.8 Å². The number of anilines is 2. The third kappa shape index (κ3) is 3.30. The number of H-pyrrole nitrogens is 1. The van der Waals surface area contributed by atoms with E-state index < -0.39 is 22.0 Å².